The monoisotopic (exact) mass is 232 g/mol. The van der Waals surface area contributed by atoms with Gasteiger partial charge in [-0.1, -0.05) is 43.0 Å². The van der Waals surface area contributed by atoms with Crippen molar-refractivity contribution in [1.29, 1.82) is 0 Å². The van der Waals surface area contributed by atoms with Crippen molar-refractivity contribution in [3.63, 3.8) is 0 Å². The molecule has 1 aromatic rings. The fraction of sp³-hybridized carbons (Fsp3) is 0.143. The Morgan fingerprint density at radius 2 is 1.94 bits per heavy atom. The summed E-state index contributed by atoms with van der Waals surface area (Å²) in [7, 11) is -0.911. The molecule has 84 valence electrons. The predicted molar refractivity (Wildman–Crippen MR) is 71.8 cm³/mol. The fourth-order valence-electron chi connectivity index (χ4n) is 1.37. The molecule has 0 aliphatic rings. The van der Waals surface area contributed by atoms with Crippen molar-refractivity contribution >= 4 is 16.4 Å². The van der Waals surface area contributed by atoms with Gasteiger partial charge in [0.1, 0.15) is 0 Å². The molecule has 1 unspecified atom stereocenters. The zero-order valence-corrected chi connectivity index (χ0v) is 10.5. The van der Waals surface area contributed by atoms with Crippen LogP contribution in [0, 0.1) is 0 Å². The lowest BCUT2D eigenvalue weighted by atomic mass is 10.1. The standard InChI is InChI=1S/C14H16OS/c1-4-6-7-12(5-2)13-8-10-14(11-9-13)16(3)15/h4-11H,1H2,2-3H3/b7-6-,12-5+. The van der Waals surface area contributed by atoms with Gasteiger partial charge in [0.05, 0.1) is 0 Å². The Morgan fingerprint density at radius 3 is 2.38 bits per heavy atom. The molecule has 0 N–H and O–H groups in total. The van der Waals surface area contributed by atoms with E-state index in [4.69, 9.17) is 0 Å². The molecule has 0 aromatic heterocycles. The molecule has 1 aromatic carbocycles. The third-order valence-corrected chi connectivity index (χ3v) is 3.18. The summed E-state index contributed by atoms with van der Waals surface area (Å²) in [5.74, 6) is 0. The first-order valence-electron chi connectivity index (χ1n) is 5.08. The Bertz CT molecular complexity index is 438. The summed E-state index contributed by atoms with van der Waals surface area (Å²) in [6.45, 7) is 5.64. The maximum Gasteiger partial charge on any atom is 0.0498 e. The zero-order valence-electron chi connectivity index (χ0n) is 9.64. The second kappa shape index (κ2) is 6.23. The van der Waals surface area contributed by atoms with Crippen LogP contribution in [-0.2, 0) is 10.8 Å². The van der Waals surface area contributed by atoms with E-state index in [0.717, 1.165) is 16.0 Å². The summed E-state index contributed by atoms with van der Waals surface area (Å²) in [6.07, 6.45) is 9.38. The van der Waals surface area contributed by atoms with Gasteiger partial charge in [-0.15, -0.1) is 0 Å². The average molecular weight is 232 g/mol. The minimum absolute atomic E-state index is 0.854. The summed E-state index contributed by atoms with van der Waals surface area (Å²) >= 11 is 0. The summed E-state index contributed by atoms with van der Waals surface area (Å²) in [5.41, 5.74) is 2.25. The molecule has 0 amide bonds. The number of benzene rings is 1. The molecular weight excluding hydrogens is 216 g/mol. The van der Waals surface area contributed by atoms with Crippen molar-refractivity contribution in [2.45, 2.75) is 11.8 Å². The Hall–Kier alpha value is -1.41. The number of allylic oxidation sites excluding steroid dienone is 5. The van der Waals surface area contributed by atoms with E-state index < -0.39 is 10.8 Å². The first-order chi connectivity index (χ1) is 7.69. The molecule has 0 spiro atoms. The highest BCUT2D eigenvalue weighted by atomic mass is 32.2. The molecule has 0 radical (unpaired) electrons. The second-order valence-corrected chi connectivity index (χ2v) is 4.70. The van der Waals surface area contributed by atoms with Gasteiger partial charge in [0.25, 0.3) is 0 Å². The van der Waals surface area contributed by atoms with Gasteiger partial charge < -0.3 is 0 Å². The van der Waals surface area contributed by atoms with Crippen LogP contribution < -0.4 is 0 Å². The predicted octanol–water partition coefficient (Wildman–Crippen LogP) is 3.57. The third kappa shape index (κ3) is 3.31. The molecule has 0 fully saturated rings. The molecule has 2 heteroatoms. The summed E-state index contributed by atoms with van der Waals surface area (Å²) in [4.78, 5) is 0.854. The van der Waals surface area contributed by atoms with E-state index in [2.05, 4.69) is 6.58 Å². The highest BCUT2D eigenvalue weighted by Gasteiger charge is 1.99. The van der Waals surface area contributed by atoms with Crippen molar-refractivity contribution in [2.24, 2.45) is 0 Å². The number of hydrogen-bond acceptors (Lipinski definition) is 1. The SMILES string of the molecule is C=C/C=C\C(=C/C)c1ccc(S(C)=O)cc1. The Kier molecular flexibility index (Phi) is 4.93. The van der Waals surface area contributed by atoms with Crippen LogP contribution in [0.2, 0.25) is 0 Å². The Labute approximate surface area is 99.7 Å². The summed E-state index contributed by atoms with van der Waals surface area (Å²) in [5, 5.41) is 0. The lowest BCUT2D eigenvalue weighted by Gasteiger charge is -2.03. The van der Waals surface area contributed by atoms with Crippen LogP contribution in [0.5, 0.6) is 0 Å². The van der Waals surface area contributed by atoms with Gasteiger partial charge in [0, 0.05) is 22.0 Å². The van der Waals surface area contributed by atoms with Gasteiger partial charge in [-0.3, -0.25) is 4.21 Å². The minimum Gasteiger partial charge on any atom is -0.255 e. The maximum atomic E-state index is 11.2. The first-order valence-corrected chi connectivity index (χ1v) is 6.64. The molecule has 16 heavy (non-hydrogen) atoms. The Morgan fingerprint density at radius 1 is 1.31 bits per heavy atom. The fourth-order valence-corrected chi connectivity index (χ4v) is 1.89. The molecule has 1 nitrogen and oxygen atoms in total. The van der Waals surface area contributed by atoms with E-state index in [9.17, 15) is 4.21 Å². The summed E-state index contributed by atoms with van der Waals surface area (Å²) in [6, 6.07) is 7.77. The van der Waals surface area contributed by atoms with Gasteiger partial charge in [0.2, 0.25) is 0 Å². The molecular formula is C14H16OS. The second-order valence-electron chi connectivity index (χ2n) is 3.32. The molecule has 0 saturated carbocycles. The number of rotatable bonds is 4. The largest absolute Gasteiger partial charge is 0.255 e. The van der Waals surface area contributed by atoms with Crippen LogP contribution in [0.25, 0.3) is 5.57 Å². The van der Waals surface area contributed by atoms with Gasteiger partial charge >= 0.3 is 0 Å². The van der Waals surface area contributed by atoms with Crippen LogP contribution in [0.3, 0.4) is 0 Å². The molecule has 0 aliphatic heterocycles. The van der Waals surface area contributed by atoms with E-state index in [1.807, 2.05) is 49.4 Å². The van der Waals surface area contributed by atoms with Crippen molar-refractivity contribution in [2.75, 3.05) is 6.26 Å². The topological polar surface area (TPSA) is 17.1 Å². The lowest BCUT2D eigenvalue weighted by Crippen LogP contribution is -1.88. The van der Waals surface area contributed by atoms with Crippen molar-refractivity contribution in [1.82, 2.24) is 0 Å². The highest BCUT2D eigenvalue weighted by Crippen LogP contribution is 2.17. The van der Waals surface area contributed by atoms with Crippen LogP contribution in [-0.4, -0.2) is 10.5 Å². The Balaban J connectivity index is 3.00. The molecule has 1 rings (SSSR count). The maximum absolute atomic E-state index is 11.2. The normalized spacial score (nSPS) is 14.0. The van der Waals surface area contributed by atoms with Gasteiger partial charge in [-0.05, 0) is 30.2 Å². The molecule has 0 saturated heterocycles. The van der Waals surface area contributed by atoms with Crippen molar-refractivity contribution in [3.8, 4) is 0 Å². The van der Waals surface area contributed by atoms with Gasteiger partial charge in [-0.25, -0.2) is 0 Å². The van der Waals surface area contributed by atoms with Crippen LogP contribution >= 0.6 is 0 Å². The van der Waals surface area contributed by atoms with Crippen LogP contribution in [0.4, 0.5) is 0 Å². The summed E-state index contributed by atoms with van der Waals surface area (Å²) < 4.78 is 11.2. The highest BCUT2D eigenvalue weighted by molar-refractivity contribution is 7.84. The molecule has 1 atom stereocenters. The zero-order chi connectivity index (χ0) is 12.0. The average Bonchev–Trinajstić information content (AvgIpc) is 2.30. The molecule has 0 bridgehead atoms. The van der Waals surface area contributed by atoms with E-state index in [1.165, 1.54) is 0 Å². The van der Waals surface area contributed by atoms with Gasteiger partial charge in [-0.2, -0.15) is 0 Å². The van der Waals surface area contributed by atoms with Crippen LogP contribution in [0.15, 0.2) is 60.0 Å². The van der Waals surface area contributed by atoms with E-state index in [1.54, 1.807) is 12.3 Å². The van der Waals surface area contributed by atoms with E-state index in [0.29, 0.717) is 0 Å². The first kappa shape index (κ1) is 12.7. The third-order valence-electron chi connectivity index (χ3n) is 2.24. The van der Waals surface area contributed by atoms with E-state index in [-0.39, 0.29) is 0 Å². The minimum atomic E-state index is -0.911. The quantitative estimate of drug-likeness (QED) is 0.725. The lowest BCUT2D eigenvalue weighted by molar-refractivity contribution is 0.687. The van der Waals surface area contributed by atoms with E-state index >= 15 is 0 Å². The number of hydrogen-bond donors (Lipinski definition) is 0. The van der Waals surface area contributed by atoms with Crippen molar-refractivity contribution < 1.29 is 4.21 Å². The van der Waals surface area contributed by atoms with Gasteiger partial charge in [0.15, 0.2) is 0 Å². The van der Waals surface area contributed by atoms with Crippen LogP contribution in [0.1, 0.15) is 12.5 Å². The molecule has 0 heterocycles. The van der Waals surface area contributed by atoms with Crippen molar-refractivity contribution in [3.05, 3.63) is 60.7 Å². The molecule has 0 aliphatic carbocycles. The smallest absolute Gasteiger partial charge is 0.0498 e.